The Hall–Kier alpha value is -1.46. The predicted octanol–water partition coefficient (Wildman–Crippen LogP) is 4.93. The minimum atomic E-state index is -1.02. The summed E-state index contributed by atoms with van der Waals surface area (Å²) >= 11 is 3.10. The molecule has 1 unspecified atom stereocenters. The van der Waals surface area contributed by atoms with Crippen LogP contribution in [0.5, 0.6) is 11.5 Å². The molecule has 20 heavy (non-hydrogen) atoms. The smallest absolute Gasteiger partial charge is 0.201 e. The molecule has 106 valence electrons. The summed E-state index contributed by atoms with van der Waals surface area (Å²) < 4.78 is 32.8. The minimum absolute atomic E-state index is 0.109. The summed E-state index contributed by atoms with van der Waals surface area (Å²) in [6, 6.07) is 9.36. The lowest BCUT2D eigenvalue weighted by molar-refractivity contribution is 0.415. The van der Waals surface area contributed by atoms with Crippen molar-refractivity contribution in [3.8, 4) is 11.5 Å². The van der Waals surface area contributed by atoms with Gasteiger partial charge in [-0.3, -0.25) is 0 Å². The molecule has 0 aliphatic rings. The van der Waals surface area contributed by atoms with Gasteiger partial charge in [-0.1, -0.05) is 35.0 Å². The highest BCUT2D eigenvalue weighted by Crippen LogP contribution is 2.30. The average Bonchev–Trinajstić information content (AvgIpc) is 2.43. The van der Waals surface area contributed by atoms with Crippen LogP contribution in [0.25, 0.3) is 0 Å². The fourth-order valence-corrected chi connectivity index (χ4v) is 2.19. The maximum absolute atomic E-state index is 13.6. The largest absolute Gasteiger partial charge is 0.454 e. The van der Waals surface area contributed by atoms with Crippen molar-refractivity contribution in [1.82, 2.24) is 0 Å². The highest BCUT2D eigenvalue weighted by atomic mass is 79.9. The van der Waals surface area contributed by atoms with Crippen molar-refractivity contribution < 1.29 is 13.5 Å². The summed E-state index contributed by atoms with van der Waals surface area (Å²) in [7, 11) is 0. The Labute approximate surface area is 124 Å². The molecule has 5 heteroatoms. The van der Waals surface area contributed by atoms with Gasteiger partial charge in [-0.25, -0.2) is 4.39 Å². The molecule has 2 N–H and O–H groups in total. The second kappa shape index (κ2) is 6.33. The zero-order valence-electron chi connectivity index (χ0n) is 10.9. The highest BCUT2D eigenvalue weighted by Gasteiger charge is 2.13. The Morgan fingerprint density at radius 1 is 1.25 bits per heavy atom. The van der Waals surface area contributed by atoms with E-state index in [2.05, 4.69) is 15.9 Å². The molecule has 0 amide bonds. The highest BCUT2D eigenvalue weighted by molar-refractivity contribution is 9.10. The standard InChI is InChI=1S/C15H14BrF2NO/c1-2-13(19)9-4-3-5-11(6-9)20-14-8-10(16)7-12(17)15(14)18/h3-8,13H,2,19H2,1H3. The van der Waals surface area contributed by atoms with E-state index in [1.807, 2.05) is 13.0 Å². The summed E-state index contributed by atoms with van der Waals surface area (Å²) in [4.78, 5) is 0. The maximum Gasteiger partial charge on any atom is 0.201 e. The molecule has 0 heterocycles. The fraction of sp³-hybridized carbons (Fsp3) is 0.200. The average molecular weight is 342 g/mol. The molecule has 1 atom stereocenters. The number of ether oxygens (including phenoxy) is 1. The van der Waals surface area contributed by atoms with Crippen LogP contribution in [0.15, 0.2) is 40.9 Å². The molecule has 0 bridgehead atoms. The van der Waals surface area contributed by atoms with E-state index < -0.39 is 11.6 Å². The van der Waals surface area contributed by atoms with E-state index in [0.29, 0.717) is 10.2 Å². The van der Waals surface area contributed by atoms with Crippen molar-refractivity contribution in [3.05, 3.63) is 58.1 Å². The van der Waals surface area contributed by atoms with Crippen molar-refractivity contribution in [3.63, 3.8) is 0 Å². The summed E-state index contributed by atoms with van der Waals surface area (Å²) in [6.07, 6.45) is 0.781. The molecule has 0 saturated carbocycles. The molecule has 0 fully saturated rings. The molecule has 2 aromatic rings. The first-order valence-electron chi connectivity index (χ1n) is 6.19. The van der Waals surface area contributed by atoms with Gasteiger partial charge in [-0.15, -0.1) is 0 Å². The minimum Gasteiger partial charge on any atom is -0.454 e. The number of benzene rings is 2. The van der Waals surface area contributed by atoms with E-state index in [4.69, 9.17) is 10.5 Å². The van der Waals surface area contributed by atoms with Gasteiger partial charge in [0.1, 0.15) is 5.75 Å². The third-order valence-corrected chi connectivity index (χ3v) is 3.37. The van der Waals surface area contributed by atoms with Crippen molar-refractivity contribution in [2.24, 2.45) is 5.73 Å². The van der Waals surface area contributed by atoms with Crippen LogP contribution in [0.4, 0.5) is 8.78 Å². The van der Waals surface area contributed by atoms with Crippen LogP contribution in [-0.4, -0.2) is 0 Å². The molecular formula is C15H14BrF2NO. The van der Waals surface area contributed by atoms with Crippen LogP contribution < -0.4 is 10.5 Å². The molecule has 2 nitrogen and oxygen atoms in total. The van der Waals surface area contributed by atoms with E-state index in [1.165, 1.54) is 6.07 Å². The first kappa shape index (κ1) is 14.9. The van der Waals surface area contributed by atoms with Gasteiger partial charge in [-0.05, 0) is 36.2 Å². The topological polar surface area (TPSA) is 35.2 Å². The zero-order chi connectivity index (χ0) is 14.7. The van der Waals surface area contributed by atoms with Crippen molar-refractivity contribution in [2.75, 3.05) is 0 Å². The normalized spacial score (nSPS) is 12.2. The van der Waals surface area contributed by atoms with E-state index in [9.17, 15) is 8.78 Å². The maximum atomic E-state index is 13.6. The molecular weight excluding hydrogens is 328 g/mol. The van der Waals surface area contributed by atoms with E-state index in [0.717, 1.165) is 18.1 Å². The molecule has 2 rings (SSSR count). The number of rotatable bonds is 4. The molecule has 0 aromatic heterocycles. The van der Waals surface area contributed by atoms with Gasteiger partial charge < -0.3 is 10.5 Å². The Balaban J connectivity index is 2.31. The molecule has 0 aliphatic heterocycles. The second-order valence-electron chi connectivity index (χ2n) is 4.39. The van der Waals surface area contributed by atoms with Crippen LogP contribution in [0.2, 0.25) is 0 Å². The molecule has 0 radical (unpaired) electrons. The molecule has 2 aromatic carbocycles. The lowest BCUT2D eigenvalue weighted by Gasteiger charge is -2.12. The van der Waals surface area contributed by atoms with Crippen LogP contribution >= 0.6 is 15.9 Å². The Kier molecular flexibility index (Phi) is 4.73. The van der Waals surface area contributed by atoms with Gasteiger partial charge in [-0.2, -0.15) is 4.39 Å². The number of hydrogen-bond donors (Lipinski definition) is 1. The first-order chi connectivity index (χ1) is 9.51. The molecule has 0 aliphatic carbocycles. The van der Waals surface area contributed by atoms with Gasteiger partial charge in [0, 0.05) is 10.5 Å². The quantitative estimate of drug-likeness (QED) is 0.800. The van der Waals surface area contributed by atoms with Crippen molar-refractivity contribution in [1.29, 1.82) is 0 Å². The van der Waals surface area contributed by atoms with E-state index in [-0.39, 0.29) is 11.8 Å². The third-order valence-electron chi connectivity index (χ3n) is 2.91. The van der Waals surface area contributed by atoms with Gasteiger partial charge >= 0.3 is 0 Å². The number of halogens is 3. The second-order valence-corrected chi connectivity index (χ2v) is 5.30. The summed E-state index contributed by atoms with van der Waals surface area (Å²) in [5.41, 5.74) is 6.83. The Morgan fingerprint density at radius 3 is 2.70 bits per heavy atom. The lowest BCUT2D eigenvalue weighted by Crippen LogP contribution is -2.08. The van der Waals surface area contributed by atoms with Crippen molar-refractivity contribution >= 4 is 15.9 Å². The predicted molar refractivity (Wildman–Crippen MR) is 77.8 cm³/mol. The lowest BCUT2D eigenvalue weighted by atomic mass is 10.1. The van der Waals surface area contributed by atoms with E-state index in [1.54, 1.807) is 18.2 Å². The third kappa shape index (κ3) is 3.35. The van der Waals surface area contributed by atoms with Gasteiger partial charge in [0.05, 0.1) is 0 Å². The van der Waals surface area contributed by atoms with Gasteiger partial charge in [0.15, 0.2) is 11.6 Å². The van der Waals surface area contributed by atoms with Gasteiger partial charge in [0.2, 0.25) is 5.82 Å². The van der Waals surface area contributed by atoms with Crippen LogP contribution in [0.3, 0.4) is 0 Å². The van der Waals surface area contributed by atoms with Crippen LogP contribution in [0, 0.1) is 11.6 Å². The summed E-state index contributed by atoms with van der Waals surface area (Å²) in [6.45, 7) is 1.97. The van der Waals surface area contributed by atoms with Gasteiger partial charge in [0.25, 0.3) is 0 Å². The van der Waals surface area contributed by atoms with Crippen molar-refractivity contribution in [2.45, 2.75) is 19.4 Å². The van der Waals surface area contributed by atoms with Crippen LogP contribution in [0.1, 0.15) is 24.9 Å². The van der Waals surface area contributed by atoms with Crippen LogP contribution in [-0.2, 0) is 0 Å². The Morgan fingerprint density at radius 2 is 2.00 bits per heavy atom. The SMILES string of the molecule is CCC(N)c1cccc(Oc2cc(Br)cc(F)c2F)c1. The molecule has 0 spiro atoms. The Bertz CT molecular complexity index is 619. The fourth-order valence-electron chi connectivity index (χ4n) is 1.78. The number of hydrogen-bond acceptors (Lipinski definition) is 2. The monoisotopic (exact) mass is 341 g/mol. The first-order valence-corrected chi connectivity index (χ1v) is 6.98. The summed E-state index contributed by atoms with van der Waals surface area (Å²) in [5.74, 6) is -1.73. The molecule has 0 saturated heterocycles. The van der Waals surface area contributed by atoms with E-state index >= 15 is 0 Å². The summed E-state index contributed by atoms with van der Waals surface area (Å²) in [5, 5.41) is 0. The zero-order valence-corrected chi connectivity index (χ0v) is 12.5. The number of nitrogens with two attached hydrogens (primary N) is 1.